The van der Waals surface area contributed by atoms with Crippen LogP contribution in [0, 0.1) is 5.82 Å². The van der Waals surface area contributed by atoms with Gasteiger partial charge in [0.05, 0.1) is 18.7 Å². The third kappa shape index (κ3) is 4.38. The Morgan fingerprint density at radius 2 is 1.96 bits per heavy atom. The van der Waals surface area contributed by atoms with Crippen LogP contribution in [0.5, 0.6) is 5.75 Å². The molecule has 26 heavy (non-hydrogen) atoms. The maximum Gasteiger partial charge on any atom is 0.229 e. The van der Waals surface area contributed by atoms with Crippen molar-refractivity contribution in [1.82, 2.24) is 15.0 Å². The molecular weight excluding hydrogens is 335 g/mol. The molecule has 3 aromatic rings. The van der Waals surface area contributed by atoms with Crippen LogP contribution >= 0.6 is 0 Å². The molecule has 0 atom stereocenters. The van der Waals surface area contributed by atoms with Gasteiger partial charge in [-0.2, -0.15) is 0 Å². The molecule has 0 saturated heterocycles. The lowest BCUT2D eigenvalue weighted by atomic mass is 10.1. The molecule has 0 saturated carbocycles. The van der Waals surface area contributed by atoms with E-state index in [1.54, 1.807) is 36.7 Å². The van der Waals surface area contributed by atoms with Crippen LogP contribution in [0.15, 0.2) is 55.1 Å². The lowest BCUT2D eigenvalue weighted by molar-refractivity contribution is -0.115. The molecule has 6 nitrogen and oxygen atoms in total. The Kier molecular flexibility index (Phi) is 5.48. The zero-order valence-electron chi connectivity index (χ0n) is 14.1. The average molecular weight is 352 g/mol. The highest BCUT2D eigenvalue weighted by atomic mass is 19.1. The summed E-state index contributed by atoms with van der Waals surface area (Å²) in [5.74, 6) is 0.234. The van der Waals surface area contributed by atoms with Gasteiger partial charge in [0.1, 0.15) is 23.7 Å². The molecule has 3 rings (SSSR count). The van der Waals surface area contributed by atoms with E-state index in [-0.39, 0.29) is 12.3 Å². The first-order chi connectivity index (χ1) is 12.7. The van der Waals surface area contributed by atoms with Crippen molar-refractivity contribution in [2.75, 3.05) is 11.9 Å². The quantitative estimate of drug-likeness (QED) is 0.737. The number of nitrogens with zero attached hydrogens (tertiary/aromatic N) is 3. The zero-order chi connectivity index (χ0) is 18.4. The molecule has 1 N–H and O–H groups in total. The SMILES string of the molecule is CCOc1ccc(F)cc1-c1cc(NC(=O)Cc2ccncc2)ncn1. The van der Waals surface area contributed by atoms with Gasteiger partial charge in [-0.3, -0.25) is 9.78 Å². The predicted molar refractivity (Wildman–Crippen MR) is 95.2 cm³/mol. The minimum Gasteiger partial charge on any atom is -0.493 e. The van der Waals surface area contributed by atoms with E-state index in [4.69, 9.17) is 4.74 Å². The standard InChI is InChI=1S/C19H17FN4O2/c1-2-26-17-4-3-14(20)10-15(17)16-11-18(23-12-22-16)24-19(25)9-13-5-7-21-8-6-13/h3-8,10-12H,2,9H2,1H3,(H,22,23,24,25). The molecule has 0 aliphatic heterocycles. The third-order valence-corrected chi connectivity index (χ3v) is 3.57. The number of hydrogen-bond acceptors (Lipinski definition) is 5. The highest BCUT2D eigenvalue weighted by Crippen LogP contribution is 2.30. The highest BCUT2D eigenvalue weighted by molar-refractivity contribution is 5.91. The number of anilines is 1. The van der Waals surface area contributed by atoms with Gasteiger partial charge in [-0.05, 0) is 42.8 Å². The van der Waals surface area contributed by atoms with E-state index >= 15 is 0 Å². The smallest absolute Gasteiger partial charge is 0.229 e. The number of benzene rings is 1. The average Bonchev–Trinajstić information content (AvgIpc) is 2.64. The van der Waals surface area contributed by atoms with Crippen molar-refractivity contribution in [3.8, 4) is 17.0 Å². The molecule has 0 unspecified atom stereocenters. The van der Waals surface area contributed by atoms with Crippen LogP contribution in [-0.4, -0.2) is 27.5 Å². The summed E-state index contributed by atoms with van der Waals surface area (Å²) in [7, 11) is 0. The summed E-state index contributed by atoms with van der Waals surface area (Å²) in [5, 5.41) is 2.72. The van der Waals surface area contributed by atoms with Crippen molar-refractivity contribution < 1.29 is 13.9 Å². The van der Waals surface area contributed by atoms with Crippen molar-refractivity contribution in [3.63, 3.8) is 0 Å². The minimum atomic E-state index is -0.398. The van der Waals surface area contributed by atoms with Crippen LogP contribution in [0.25, 0.3) is 11.3 Å². The first-order valence-electron chi connectivity index (χ1n) is 8.09. The first-order valence-corrected chi connectivity index (χ1v) is 8.09. The van der Waals surface area contributed by atoms with E-state index in [9.17, 15) is 9.18 Å². The Hall–Kier alpha value is -3.35. The monoisotopic (exact) mass is 352 g/mol. The van der Waals surface area contributed by atoms with Crippen LogP contribution in [0.1, 0.15) is 12.5 Å². The molecule has 2 heterocycles. The van der Waals surface area contributed by atoms with Crippen LogP contribution in [0.3, 0.4) is 0 Å². The van der Waals surface area contributed by atoms with Gasteiger partial charge in [0, 0.05) is 24.0 Å². The predicted octanol–water partition coefficient (Wildman–Crippen LogP) is 3.26. The number of hydrogen-bond donors (Lipinski definition) is 1. The molecule has 1 amide bonds. The van der Waals surface area contributed by atoms with Crippen LogP contribution in [-0.2, 0) is 11.2 Å². The second kappa shape index (κ2) is 8.15. The molecule has 7 heteroatoms. The summed E-state index contributed by atoms with van der Waals surface area (Å²) in [5.41, 5.74) is 1.80. The summed E-state index contributed by atoms with van der Waals surface area (Å²) in [4.78, 5) is 24.3. The van der Waals surface area contributed by atoms with Crippen LogP contribution in [0.2, 0.25) is 0 Å². The van der Waals surface area contributed by atoms with Crippen LogP contribution < -0.4 is 10.1 Å². The van der Waals surface area contributed by atoms with Gasteiger partial charge in [0.25, 0.3) is 0 Å². The van der Waals surface area contributed by atoms with Crippen molar-refractivity contribution in [2.24, 2.45) is 0 Å². The van der Waals surface area contributed by atoms with Crippen LogP contribution in [0.4, 0.5) is 10.2 Å². The number of pyridine rings is 1. The van der Waals surface area contributed by atoms with Crippen molar-refractivity contribution >= 4 is 11.7 Å². The molecule has 0 aliphatic carbocycles. The lowest BCUT2D eigenvalue weighted by Crippen LogP contribution is -2.15. The third-order valence-electron chi connectivity index (χ3n) is 3.57. The molecule has 0 radical (unpaired) electrons. The van der Waals surface area contributed by atoms with Crippen molar-refractivity contribution in [1.29, 1.82) is 0 Å². The van der Waals surface area contributed by atoms with Gasteiger partial charge in [0.15, 0.2) is 0 Å². The fourth-order valence-corrected chi connectivity index (χ4v) is 2.43. The Labute approximate surface area is 150 Å². The normalized spacial score (nSPS) is 10.4. The summed E-state index contributed by atoms with van der Waals surface area (Å²) in [6.07, 6.45) is 4.78. The van der Waals surface area contributed by atoms with Gasteiger partial charge in [-0.15, -0.1) is 0 Å². The molecule has 0 fully saturated rings. The number of carbonyl (C=O) groups excluding carboxylic acids is 1. The summed E-state index contributed by atoms with van der Waals surface area (Å²) < 4.78 is 19.2. The van der Waals surface area contributed by atoms with Gasteiger partial charge >= 0.3 is 0 Å². The van der Waals surface area contributed by atoms with Crippen molar-refractivity contribution in [3.05, 3.63) is 66.5 Å². The topological polar surface area (TPSA) is 77.0 Å². The zero-order valence-corrected chi connectivity index (χ0v) is 14.1. The molecule has 0 spiro atoms. The van der Waals surface area contributed by atoms with Gasteiger partial charge in [-0.25, -0.2) is 14.4 Å². The van der Waals surface area contributed by atoms with Gasteiger partial charge < -0.3 is 10.1 Å². The van der Waals surface area contributed by atoms with Gasteiger partial charge in [-0.1, -0.05) is 0 Å². The molecular formula is C19H17FN4O2. The number of ether oxygens (including phenoxy) is 1. The molecule has 2 aromatic heterocycles. The number of amides is 1. The van der Waals surface area contributed by atoms with E-state index in [0.717, 1.165) is 5.56 Å². The first kappa shape index (κ1) is 17.5. The second-order valence-electron chi connectivity index (χ2n) is 5.44. The summed E-state index contributed by atoms with van der Waals surface area (Å²) >= 11 is 0. The maximum absolute atomic E-state index is 13.7. The fourth-order valence-electron chi connectivity index (χ4n) is 2.43. The lowest BCUT2D eigenvalue weighted by Gasteiger charge is -2.11. The highest BCUT2D eigenvalue weighted by Gasteiger charge is 2.12. The van der Waals surface area contributed by atoms with E-state index < -0.39 is 5.82 Å². The Morgan fingerprint density at radius 1 is 1.15 bits per heavy atom. The second-order valence-corrected chi connectivity index (χ2v) is 5.44. The van der Waals surface area contributed by atoms with E-state index in [1.165, 1.54) is 18.5 Å². The molecule has 132 valence electrons. The van der Waals surface area contributed by atoms with E-state index in [1.807, 2.05) is 6.92 Å². The molecule has 0 aliphatic rings. The maximum atomic E-state index is 13.7. The number of halogens is 1. The van der Waals surface area contributed by atoms with E-state index in [2.05, 4.69) is 20.3 Å². The summed E-state index contributed by atoms with van der Waals surface area (Å²) in [6, 6.07) is 9.35. The minimum absolute atomic E-state index is 0.200. The molecule has 1 aromatic carbocycles. The molecule has 0 bridgehead atoms. The van der Waals surface area contributed by atoms with E-state index in [0.29, 0.717) is 29.4 Å². The largest absolute Gasteiger partial charge is 0.493 e. The van der Waals surface area contributed by atoms with Crippen molar-refractivity contribution in [2.45, 2.75) is 13.3 Å². The summed E-state index contributed by atoms with van der Waals surface area (Å²) in [6.45, 7) is 2.29. The Bertz CT molecular complexity index is 903. The number of nitrogens with one attached hydrogen (secondary N) is 1. The fraction of sp³-hybridized carbons (Fsp3) is 0.158. The Morgan fingerprint density at radius 3 is 2.73 bits per heavy atom. The number of rotatable bonds is 6. The number of carbonyl (C=O) groups is 1. The van der Waals surface area contributed by atoms with Gasteiger partial charge in [0.2, 0.25) is 5.91 Å². The number of aromatic nitrogens is 3. The Balaban J connectivity index is 1.80.